The molecule has 0 saturated carbocycles. The molecule has 1 heteroatoms. The Balaban J connectivity index is 3.09. The molecule has 0 bridgehead atoms. The molecule has 11 heavy (non-hydrogen) atoms. The third kappa shape index (κ3) is 1.79. The molecular formula is C10H15N. The highest BCUT2D eigenvalue weighted by Gasteiger charge is 2.03. The lowest BCUT2D eigenvalue weighted by Gasteiger charge is -2.07. The van der Waals surface area contributed by atoms with Crippen molar-refractivity contribution in [3.05, 3.63) is 29.1 Å². The summed E-state index contributed by atoms with van der Waals surface area (Å²) in [6.45, 7) is 8.54. The maximum absolute atomic E-state index is 4.38. The maximum atomic E-state index is 4.38. The van der Waals surface area contributed by atoms with Crippen molar-refractivity contribution >= 4 is 0 Å². The Labute approximate surface area is 68.5 Å². The molecule has 0 aliphatic carbocycles. The van der Waals surface area contributed by atoms with Crippen molar-refractivity contribution in [3.63, 3.8) is 0 Å². The summed E-state index contributed by atoms with van der Waals surface area (Å²) in [6.07, 6.45) is 1.93. The average molecular weight is 149 g/mol. The van der Waals surface area contributed by atoms with Gasteiger partial charge in [0.1, 0.15) is 0 Å². The largest absolute Gasteiger partial charge is 0.260 e. The Morgan fingerprint density at radius 2 is 1.91 bits per heavy atom. The van der Waals surface area contributed by atoms with Crippen molar-refractivity contribution in [2.45, 2.75) is 33.6 Å². The molecule has 0 aromatic carbocycles. The molecule has 0 fully saturated rings. The van der Waals surface area contributed by atoms with Gasteiger partial charge in [-0.25, -0.2) is 0 Å². The summed E-state index contributed by atoms with van der Waals surface area (Å²) in [6, 6.07) is 2.18. The summed E-state index contributed by atoms with van der Waals surface area (Å²) >= 11 is 0. The molecule has 1 aromatic heterocycles. The highest BCUT2D eigenvalue weighted by atomic mass is 14.7. The summed E-state index contributed by atoms with van der Waals surface area (Å²) in [5.74, 6) is 0.538. The van der Waals surface area contributed by atoms with E-state index < -0.39 is 0 Å². The quantitative estimate of drug-likeness (QED) is 0.598. The first-order valence-corrected chi connectivity index (χ1v) is 4.04. The van der Waals surface area contributed by atoms with Gasteiger partial charge < -0.3 is 0 Å². The third-order valence-electron chi connectivity index (χ3n) is 1.80. The van der Waals surface area contributed by atoms with Gasteiger partial charge in [0.15, 0.2) is 0 Å². The predicted octanol–water partition coefficient (Wildman–Crippen LogP) is 2.82. The van der Waals surface area contributed by atoms with Gasteiger partial charge >= 0.3 is 0 Å². The Morgan fingerprint density at radius 3 is 2.36 bits per heavy atom. The van der Waals surface area contributed by atoms with E-state index in [2.05, 4.69) is 38.7 Å². The molecule has 1 aromatic rings. The first-order chi connectivity index (χ1) is 5.11. The smallest absolute Gasteiger partial charge is 0.0458 e. The van der Waals surface area contributed by atoms with E-state index in [-0.39, 0.29) is 0 Å². The second-order valence-corrected chi connectivity index (χ2v) is 3.37. The minimum Gasteiger partial charge on any atom is -0.260 e. The number of nitrogens with zero attached hydrogens (tertiary/aromatic N) is 1. The summed E-state index contributed by atoms with van der Waals surface area (Å²) in [4.78, 5) is 4.38. The van der Waals surface area contributed by atoms with Crippen LogP contribution in [0.1, 0.15) is 36.6 Å². The molecule has 0 radical (unpaired) electrons. The van der Waals surface area contributed by atoms with Crippen LogP contribution in [0.5, 0.6) is 0 Å². The average Bonchev–Trinajstić information content (AvgIpc) is 1.85. The molecule has 0 aliphatic rings. The number of pyridine rings is 1. The van der Waals surface area contributed by atoms with Crippen LogP contribution in [0.25, 0.3) is 0 Å². The summed E-state index contributed by atoms with van der Waals surface area (Å²) < 4.78 is 0. The van der Waals surface area contributed by atoms with Crippen molar-refractivity contribution in [1.82, 2.24) is 4.98 Å². The van der Waals surface area contributed by atoms with E-state index in [9.17, 15) is 0 Å². The van der Waals surface area contributed by atoms with E-state index in [4.69, 9.17) is 0 Å². The van der Waals surface area contributed by atoms with Gasteiger partial charge in [0.05, 0.1) is 0 Å². The Kier molecular flexibility index (Phi) is 2.28. The van der Waals surface area contributed by atoms with Crippen LogP contribution in [-0.4, -0.2) is 4.98 Å². The Hall–Kier alpha value is -0.850. The van der Waals surface area contributed by atoms with Gasteiger partial charge in [-0.1, -0.05) is 19.9 Å². The van der Waals surface area contributed by atoms with E-state index in [1.165, 1.54) is 16.8 Å². The highest BCUT2D eigenvalue weighted by Crippen LogP contribution is 2.16. The lowest BCUT2D eigenvalue weighted by molar-refractivity contribution is 0.809. The SMILES string of the molecule is Cc1cnc(C(C)C)c(C)c1. The molecule has 0 aliphatic heterocycles. The second kappa shape index (κ2) is 3.04. The molecule has 60 valence electrons. The molecule has 1 rings (SSSR count). The maximum Gasteiger partial charge on any atom is 0.0458 e. The van der Waals surface area contributed by atoms with Crippen LogP contribution in [-0.2, 0) is 0 Å². The van der Waals surface area contributed by atoms with Gasteiger partial charge in [-0.3, -0.25) is 4.98 Å². The van der Waals surface area contributed by atoms with Crippen LogP contribution >= 0.6 is 0 Å². The van der Waals surface area contributed by atoms with Crippen molar-refractivity contribution < 1.29 is 0 Å². The van der Waals surface area contributed by atoms with Crippen LogP contribution in [0, 0.1) is 13.8 Å². The van der Waals surface area contributed by atoms with E-state index in [0.29, 0.717) is 5.92 Å². The second-order valence-electron chi connectivity index (χ2n) is 3.37. The fourth-order valence-corrected chi connectivity index (χ4v) is 1.33. The molecule has 0 unspecified atom stereocenters. The molecule has 0 saturated heterocycles. The number of hydrogen-bond acceptors (Lipinski definition) is 1. The Morgan fingerprint density at radius 1 is 1.27 bits per heavy atom. The van der Waals surface area contributed by atoms with Crippen molar-refractivity contribution in [3.8, 4) is 0 Å². The van der Waals surface area contributed by atoms with Crippen LogP contribution in [0.4, 0.5) is 0 Å². The zero-order valence-corrected chi connectivity index (χ0v) is 7.68. The normalized spacial score (nSPS) is 10.6. The van der Waals surface area contributed by atoms with Gasteiger partial charge in [0.25, 0.3) is 0 Å². The van der Waals surface area contributed by atoms with E-state index in [1.807, 2.05) is 6.20 Å². The van der Waals surface area contributed by atoms with Crippen LogP contribution in [0.3, 0.4) is 0 Å². The molecule has 0 amide bonds. The van der Waals surface area contributed by atoms with Gasteiger partial charge in [0.2, 0.25) is 0 Å². The predicted molar refractivity (Wildman–Crippen MR) is 47.8 cm³/mol. The molecule has 0 N–H and O–H groups in total. The van der Waals surface area contributed by atoms with Crippen LogP contribution < -0.4 is 0 Å². The molecule has 1 nitrogen and oxygen atoms in total. The first kappa shape index (κ1) is 8.25. The van der Waals surface area contributed by atoms with E-state index in [0.717, 1.165) is 0 Å². The molecule has 0 spiro atoms. The lowest BCUT2D eigenvalue weighted by atomic mass is 10.0. The highest BCUT2D eigenvalue weighted by molar-refractivity contribution is 5.24. The monoisotopic (exact) mass is 149 g/mol. The lowest BCUT2D eigenvalue weighted by Crippen LogP contribution is -1.96. The molecule has 0 atom stereocenters. The van der Waals surface area contributed by atoms with Gasteiger partial charge in [0, 0.05) is 11.9 Å². The number of hydrogen-bond donors (Lipinski definition) is 0. The molecular weight excluding hydrogens is 134 g/mol. The summed E-state index contributed by atoms with van der Waals surface area (Å²) in [7, 11) is 0. The van der Waals surface area contributed by atoms with Gasteiger partial charge in [-0.05, 0) is 30.9 Å². The third-order valence-corrected chi connectivity index (χ3v) is 1.80. The number of aryl methyl sites for hydroxylation is 2. The van der Waals surface area contributed by atoms with E-state index >= 15 is 0 Å². The topological polar surface area (TPSA) is 12.9 Å². The van der Waals surface area contributed by atoms with Crippen LogP contribution in [0.15, 0.2) is 12.3 Å². The number of aromatic nitrogens is 1. The standard InChI is InChI=1S/C10H15N/c1-7(2)10-9(4)5-8(3)6-11-10/h5-7H,1-4H3. The minimum absolute atomic E-state index is 0.538. The summed E-state index contributed by atoms with van der Waals surface area (Å²) in [5.41, 5.74) is 3.77. The molecule has 1 heterocycles. The van der Waals surface area contributed by atoms with Gasteiger partial charge in [-0.15, -0.1) is 0 Å². The van der Waals surface area contributed by atoms with Crippen molar-refractivity contribution in [2.75, 3.05) is 0 Å². The first-order valence-electron chi connectivity index (χ1n) is 4.04. The zero-order valence-electron chi connectivity index (χ0n) is 7.68. The Bertz CT molecular complexity index is 251. The van der Waals surface area contributed by atoms with Gasteiger partial charge in [-0.2, -0.15) is 0 Å². The summed E-state index contributed by atoms with van der Waals surface area (Å²) in [5, 5.41) is 0. The van der Waals surface area contributed by atoms with E-state index in [1.54, 1.807) is 0 Å². The fourth-order valence-electron chi connectivity index (χ4n) is 1.33. The fraction of sp³-hybridized carbons (Fsp3) is 0.500. The van der Waals surface area contributed by atoms with Crippen LogP contribution in [0.2, 0.25) is 0 Å². The zero-order chi connectivity index (χ0) is 8.43. The number of rotatable bonds is 1. The van der Waals surface area contributed by atoms with Crippen molar-refractivity contribution in [1.29, 1.82) is 0 Å². The minimum atomic E-state index is 0.538. The van der Waals surface area contributed by atoms with Crippen molar-refractivity contribution in [2.24, 2.45) is 0 Å².